The highest BCUT2D eigenvalue weighted by Crippen LogP contribution is 2.34. The number of carbonyl (C=O) groups excluding carboxylic acids is 1. The Kier molecular flexibility index (Phi) is 3.47. The molecule has 0 radical (unpaired) electrons. The molecular weight excluding hydrogens is 289 g/mol. The maximum atomic E-state index is 12.1. The van der Waals surface area contributed by atoms with Crippen LogP contribution in [-0.2, 0) is 4.79 Å². The van der Waals surface area contributed by atoms with Crippen molar-refractivity contribution in [1.29, 1.82) is 0 Å². The summed E-state index contributed by atoms with van der Waals surface area (Å²) in [5, 5.41) is 7.92. The number of nitrogens with one attached hydrogen (secondary N) is 1. The molecule has 6 nitrogen and oxygen atoms in total. The lowest BCUT2D eigenvalue weighted by molar-refractivity contribution is -0.274. The fourth-order valence-electron chi connectivity index (χ4n) is 1.38. The van der Waals surface area contributed by atoms with Crippen LogP contribution in [0.25, 0.3) is 0 Å². The van der Waals surface area contributed by atoms with Gasteiger partial charge in [-0.1, -0.05) is 16.8 Å². The molecule has 1 aromatic carbocycles. The Morgan fingerprint density at radius 3 is 2.79 bits per heavy atom. The highest BCUT2D eigenvalue weighted by molar-refractivity contribution is 6.32. The third kappa shape index (κ3) is 3.05. The summed E-state index contributed by atoms with van der Waals surface area (Å²) in [4.78, 5) is 10.7. The maximum absolute atomic E-state index is 12.1. The molecule has 1 aromatic rings. The largest absolute Gasteiger partial charge is 0.573 e. The predicted octanol–water partition coefficient (Wildman–Crippen LogP) is 2.46. The summed E-state index contributed by atoms with van der Waals surface area (Å²) in [6.45, 7) is 0. The van der Waals surface area contributed by atoms with Crippen LogP contribution in [0, 0.1) is 0 Å². The van der Waals surface area contributed by atoms with E-state index < -0.39 is 18.3 Å². The third-order valence-corrected chi connectivity index (χ3v) is 2.42. The minimum Gasteiger partial charge on any atom is -0.404 e. The SMILES string of the molecule is O=CC1NN=NN1c1ccc(OC(F)(F)F)c(Cl)c1. The first-order valence-corrected chi connectivity index (χ1v) is 5.24. The number of anilines is 1. The summed E-state index contributed by atoms with van der Waals surface area (Å²) in [5.74, 6) is -0.537. The first-order chi connectivity index (χ1) is 8.90. The van der Waals surface area contributed by atoms with Crippen LogP contribution in [0.15, 0.2) is 28.6 Å². The molecule has 2 rings (SSSR count). The zero-order chi connectivity index (χ0) is 14.0. The fourth-order valence-corrected chi connectivity index (χ4v) is 1.60. The normalized spacial score (nSPS) is 18.3. The summed E-state index contributed by atoms with van der Waals surface area (Å²) in [6, 6.07) is 3.49. The standard InChI is InChI=1S/C9H6ClF3N4O2/c10-6-3-5(17-8(4-18)14-15-16-17)1-2-7(6)19-9(11,12)13/h1-4,8H,(H,14,16). The van der Waals surface area contributed by atoms with E-state index in [9.17, 15) is 18.0 Å². The van der Waals surface area contributed by atoms with Crippen LogP contribution in [-0.4, -0.2) is 18.8 Å². The molecule has 0 amide bonds. The summed E-state index contributed by atoms with van der Waals surface area (Å²) in [5.41, 5.74) is 2.69. The quantitative estimate of drug-likeness (QED) is 0.870. The molecule has 1 unspecified atom stereocenters. The number of hydrogen-bond acceptors (Lipinski definition) is 6. The molecule has 0 aliphatic carbocycles. The molecule has 1 atom stereocenters. The van der Waals surface area contributed by atoms with E-state index in [4.69, 9.17) is 11.6 Å². The lowest BCUT2D eigenvalue weighted by Gasteiger charge is -2.17. The minimum absolute atomic E-state index is 0.262. The van der Waals surface area contributed by atoms with Crippen LogP contribution < -0.4 is 15.2 Å². The van der Waals surface area contributed by atoms with Gasteiger partial charge in [-0.3, -0.25) is 10.2 Å². The van der Waals surface area contributed by atoms with Crippen LogP contribution in [0.5, 0.6) is 5.75 Å². The molecular formula is C9H6ClF3N4O2. The number of rotatable bonds is 3. The van der Waals surface area contributed by atoms with Gasteiger partial charge in [-0.2, -0.15) is 0 Å². The van der Waals surface area contributed by atoms with Crippen molar-refractivity contribution in [3.05, 3.63) is 23.2 Å². The summed E-state index contributed by atoms with van der Waals surface area (Å²) in [7, 11) is 0. The van der Waals surface area contributed by atoms with Crippen molar-refractivity contribution in [2.45, 2.75) is 12.5 Å². The van der Waals surface area contributed by atoms with Gasteiger partial charge in [0.1, 0.15) is 5.75 Å². The lowest BCUT2D eigenvalue weighted by atomic mass is 10.3. The van der Waals surface area contributed by atoms with Gasteiger partial charge in [0.2, 0.25) is 0 Å². The highest BCUT2D eigenvalue weighted by Gasteiger charge is 2.32. The molecule has 0 fully saturated rings. The molecule has 19 heavy (non-hydrogen) atoms. The molecule has 1 aliphatic rings. The van der Waals surface area contributed by atoms with Gasteiger partial charge < -0.3 is 4.74 Å². The first kappa shape index (κ1) is 13.4. The Bertz CT molecular complexity index is 523. The van der Waals surface area contributed by atoms with Crippen LogP contribution in [0.3, 0.4) is 0 Å². The monoisotopic (exact) mass is 294 g/mol. The first-order valence-electron chi connectivity index (χ1n) is 4.87. The van der Waals surface area contributed by atoms with Gasteiger partial charge in [0, 0.05) is 0 Å². The number of aldehydes is 1. The Morgan fingerprint density at radius 1 is 1.47 bits per heavy atom. The van der Waals surface area contributed by atoms with E-state index in [0.717, 1.165) is 11.1 Å². The second kappa shape index (κ2) is 4.92. The second-order valence-corrected chi connectivity index (χ2v) is 3.81. The lowest BCUT2D eigenvalue weighted by Crippen LogP contribution is -2.36. The topological polar surface area (TPSA) is 66.3 Å². The molecule has 0 bridgehead atoms. The average molecular weight is 295 g/mol. The van der Waals surface area contributed by atoms with Gasteiger partial charge in [-0.05, 0) is 23.4 Å². The number of benzene rings is 1. The van der Waals surface area contributed by atoms with E-state index in [1.165, 1.54) is 12.1 Å². The molecule has 102 valence electrons. The van der Waals surface area contributed by atoms with Gasteiger partial charge in [0.05, 0.1) is 10.7 Å². The smallest absolute Gasteiger partial charge is 0.404 e. The number of ether oxygens (including phenoxy) is 1. The van der Waals surface area contributed by atoms with Crippen molar-refractivity contribution < 1.29 is 22.7 Å². The Labute approximate surface area is 109 Å². The molecule has 0 saturated carbocycles. The Hall–Kier alpha value is -2.03. The third-order valence-electron chi connectivity index (χ3n) is 2.13. The Balaban J connectivity index is 2.24. The zero-order valence-electron chi connectivity index (χ0n) is 9.06. The summed E-state index contributed by atoms with van der Waals surface area (Å²) < 4.78 is 39.9. The van der Waals surface area contributed by atoms with Crippen LogP contribution in [0.4, 0.5) is 18.9 Å². The van der Waals surface area contributed by atoms with Crippen molar-refractivity contribution in [2.75, 3.05) is 5.01 Å². The van der Waals surface area contributed by atoms with Crippen LogP contribution in [0.1, 0.15) is 0 Å². The molecule has 1 aliphatic heterocycles. The number of alkyl halides is 3. The van der Waals surface area contributed by atoms with E-state index in [-0.39, 0.29) is 5.02 Å². The van der Waals surface area contributed by atoms with Crippen molar-refractivity contribution in [3.8, 4) is 5.75 Å². The van der Waals surface area contributed by atoms with E-state index in [2.05, 4.69) is 20.6 Å². The molecule has 1 heterocycles. The molecule has 1 N–H and O–H groups in total. The molecule has 0 aromatic heterocycles. The Morgan fingerprint density at radius 2 is 2.21 bits per heavy atom. The highest BCUT2D eigenvalue weighted by atomic mass is 35.5. The number of hydrogen-bond donors (Lipinski definition) is 1. The number of carbonyl (C=O) groups is 1. The average Bonchev–Trinajstić information content (AvgIpc) is 2.78. The van der Waals surface area contributed by atoms with Gasteiger partial charge in [-0.15, -0.1) is 13.2 Å². The van der Waals surface area contributed by atoms with Crippen LogP contribution >= 0.6 is 11.6 Å². The maximum Gasteiger partial charge on any atom is 0.573 e. The molecule has 10 heteroatoms. The summed E-state index contributed by atoms with van der Waals surface area (Å²) >= 11 is 5.67. The zero-order valence-corrected chi connectivity index (χ0v) is 9.81. The second-order valence-electron chi connectivity index (χ2n) is 3.41. The van der Waals surface area contributed by atoms with E-state index in [0.29, 0.717) is 12.0 Å². The summed E-state index contributed by atoms with van der Waals surface area (Å²) in [6.07, 6.45) is -5.12. The number of halogens is 4. The van der Waals surface area contributed by atoms with Gasteiger partial charge in [-0.25, -0.2) is 5.01 Å². The van der Waals surface area contributed by atoms with E-state index in [1.54, 1.807) is 0 Å². The van der Waals surface area contributed by atoms with Gasteiger partial charge in [0.15, 0.2) is 12.5 Å². The van der Waals surface area contributed by atoms with Gasteiger partial charge >= 0.3 is 6.36 Å². The molecule has 0 saturated heterocycles. The minimum atomic E-state index is -4.83. The van der Waals surface area contributed by atoms with Crippen molar-refractivity contribution >= 4 is 23.6 Å². The fraction of sp³-hybridized carbons (Fsp3) is 0.222. The molecule has 0 spiro atoms. The van der Waals surface area contributed by atoms with Gasteiger partial charge in [0.25, 0.3) is 0 Å². The van der Waals surface area contributed by atoms with E-state index >= 15 is 0 Å². The predicted molar refractivity (Wildman–Crippen MR) is 58.5 cm³/mol. The number of nitrogens with zero attached hydrogens (tertiary/aromatic N) is 3. The van der Waals surface area contributed by atoms with Crippen molar-refractivity contribution in [1.82, 2.24) is 5.43 Å². The van der Waals surface area contributed by atoms with Crippen molar-refractivity contribution in [2.24, 2.45) is 10.4 Å². The van der Waals surface area contributed by atoms with E-state index in [1.807, 2.05) is 0 Å². The van der Waals surface area contributed by atoms with Crippen molar-refractivity contribution in [3.63, 3.8) is 0 Å². The van der Waals surface area contributed by atoms with Crippen LogP contribution in [0.2, 0.25) is 5.02 Å².